The van der Waals surface area contributed by atoms with Gasteiger partial charge in [-0.15, -0.1) is 0 Å². The van der Waals surface area contributed by atoms with Crippen LogP contribution in [0.25, 0.3) is 0 Å². The largest absolute Gasteiger partial charge is 0.399 e. The van der Waals surface area contributed by atoms with Gasteiger partial charge in [0.1, 0.15) is 0 Å². The van der Waals surface area contributed by atoms with Gasteiger partial charge in [0.05, 0.1) is 0 Å². The Labute approximate surface area is 249 Å². The molecule has 0 saturated carbocycles. The lowest BCUT2D eigenvalue weighted by Crippen LogP contribution is -2.02. The van der Waals surface area contributed by atoms with E-state index in [2.05, 4.69) is 74.5 Å². The molecule has 0 unspecified atom stereocenters. The summed E-state index contributed by atoms with van der Waals surface area (Å²) in [6.07, 6.45) is 15.4. The molecule has 2 heteroatoms. The first-order valence-corrected chi connectivity index (χ1v) is 15.9. The highest BCUT2D eigenvalue weighted by Gasteiger charge is 2.09. The Bertz CT molecular complexity index is 1230. The lowest BCUT2D eigenvalue weighted by Gasteiger charge is -2.15. The second-order valence-corrected chi connectivity index (χ2v) is 11.8. The van der Waals surface area contributed by atoms with Gasteiger partial charge in [-0.25, -0.2) is 0 Å². The molecule has 4 aromatic rings. The van der Waals surface area contributed by atoms with E-state index in [0.29, 0.717) is 0 Å². The summed E-state index contributed by atoms with van der Waals surface area (Å²) >= 11 is 0. The van der Waals surface area contributed by atoms with Crippen molar-refractivity contribution in [2.45, 2.75) is 97.3 Å². The maximum absolute atomic E-state index is 5.90. The molecule has 0 amide bonds. The lowest BCUT2D eigenvalue weighted by atomic mass is 9.91. The molecule has 0 bridgehead atoms. The Morgan fingerprint density at radius 3 is 1.15 bits per heavy atom. The van der Waals surface area contributed by atoms with E-state index in [1.807, 2.05) is 24.3 Å². The van der Waals surface area contributed by atoms with Crippen molar-refractivity contribution in [3.05, 3.63) is 129 Å². The second kappa shape index (κ2) is 16.1. The topological polar surface area (TPSA) is 52.0 Å². The highest BCUT2D eigenvalue weighted by atomic mass is 14.5. The highest BCUT2D eigenvalue weighted by Crippen LogP contribution is 2.23. The lowest BCUT2D eigenvalue weighted by molar-refractivity contribution is 0.702. The molecule has 0 aromatic heterocycles. The molecule has 0 radical (unpaired) electrons. The number of benzene rings is 4. The van der Waals surface area contributed by atoms with Gasteiger partial charge in [-0.1, -0.05) is 100 Å². The molecule has 0 atom stereocenters. The van der Waals surface area contributed by atoms with Crippen LogP contribution in [0.15, 0.2) is 84.9 Å². The van der Waals surface area contributed by atoms with E-state index in [1.165, 1.54) is 91.2 Å². The van der Waals surface area contributed by atoms with E-state index in [9.17, 15) is 0 Å². The van der Waals surface area contributed by atoms with Crippen LogP contribution in [0.2, 0.25) is 0 Å². The fourth-order valence-electron chi connectivity index (χ4n) is 5.87. The molecule has 0 aliphatic carbocycles. The van der Waals surface area contributed by atoms with Gasteiger partial charge in [0, 0.05) is 11.4 Å². The van der Waals surface area contributed by atoms with Crippen LogP contribution < -0.4 is 11.5 Å². The Morgan fingerprint density at radius 2 is 0.756 bits per heavy atom. The van der Waals surface area contributed by atoms with Gasteiger partial charge in [-0.3, -0.25) is 0 Å². The summed E-state index contributed by atoms with van der Waals surface area (Å²) < 4.78 is 0. The second-order valence-electron chi connectivity index (χ2n) is 11.8. The fourth-order valence-corrected chi connectivity index (χ4v) is 5.87. The first kappa shape index (κ1) is 30.4. The van der Waals surface area contributed by atoms with Crippen LogP contribution in [0.3, 0.4) is 0 Å². The van der Waals surface area contributed by atoms with Crippen LogP contribution in [0, 0.1) is 0 Å². The minimum absolute atomic E-state index is 0.828. The molecule has 216 valence electrons. The van der Waals surface area contributed by atoms with Gasteiger partial charge in [-0.05, 0) is 127 Å². The van der Waals surface area contributed by atoms with Crippen molar-refractivity contribution in [2.24, 2.45) is 0 Å². The number of hydrogen-bond acceptors (Lipinski definition) is 2. The quantitative estimate of drug-likeness (QED) is 0.109. The van der Waals surface area contributed by atoms with Crippen molar-refractivity contribution in [1.82, 2.24) is 0 Å². The van der Waals surface area contributed by atoms with Gasteiger partial charge in [0.25, 0.3) is 0 Å². The van der Waals surface area contributed by atoms with Crippen molar-refractivity contribution < 1.29 is 0 Å². The summed E-state index contributed by atoms with van der Waals surface area (Å²) in [5.74, 6) is 0. The van der Waals surface area contributed by atoms with Crippen LogP contribution in [0.1, 0.15) is 103 Å². The van der Waals surface area contributed by atoms with Gasteiger partial charge in [0.2, 0.25) is 0 Å². The van der Waals surface area contributed by atoms with E-state index in [-0.39, 0.29) is 0 Å². The highest BCUT2D eigenvalue weighted by molar-refractivity contribution is 5.43. The summed E-state index contributed by atoms with van der Waals surface area (Å²) in [6.45, 7) is 4.58. The third-order valence-corrected chi connectivity index (χ3v) is 8.31. The Kier molecular flexibility index (Phi) is 11.9. The summed E-state index contributed by atoms with van der Waals surface area (Å²) in [5.41, 5.74) is 25.1. The smallest absolute Gasteiger partial charge is 0.0314 e. The zero-order valence-corrected chi connectivity index (χ0v) is 25.4. The molecular weight excluding hydrogens is 496 g/mol. The number of nitrogens with two attached hydrogens (primary N) is 2. The normalized spacial score (nSPS) is 11.2. The van der Waals surface area contributed by atoms with Gasteiger partial charge < -0.3 is 11.5 Å². The Hall–Kier alpha value is -3.52. The zero-order chi connectivity index (χ0) is 28.9. The molecule has 0 aliphatic heterocycles. The van der Waals surface area contributed by atoms with E-state index in [4.69, 9.17) is 11.5 Å². The monoisotopic (exact) mass is 546 g/mol. The zero-order valence-electron chi connectivity index (χ0n) is 25.4. The van der Waals surface area contributed by atoms with E-state index < -0.39 is 0 Å². The SMILES string of the molecule is CCCCCc1cc(Cc2ccc(N)cc2)ccc1CCCc1ccc(Cc2ccc(N)cc2)cc1CCCCC. The van der Waals surface area contributed by atoms with Crippen LogP contribution in [0.4, 0.5) is 11.4 Å². The third kappa shape index (κ3) is 9.81. The summed E-state index contributed by atoms with van der Waals surface area (Å²) in [4.78, 5) is 0. The molecule has 2 nitrogen and oxygen atoms in total. The number of rotatable bonds is 16. The molecule has 0 saturated heterocycles. The molecule has 4 N–H and O–H groups in total. The standard InChI is InChI=1S/C39H50N2/c1-3-5-7-10-36-28-32(26-30-16-22-38(40)23-17-30)14-20-34(36)12-9-13-35-21-15-33(29-37(35)11-8-6-4-2)27-31-18-24-39(41)25-19-31/h14-25,28-29H,3-13,26-27,40-41H2,1-2H3. The van der Waals surface area contributed by atoms with Crippen molar-refractivity contribution in [3.8, 4) is 0 Å². The number of aryl methyl sites for hydroxylation is 4. The molecule has 4 aromatic carbocycles. The summed E-state index contributed by atoms with van der Waals surface area (Å²) in [7, 11) is 0. The van der Waals surface area contributed by atoms with Crippen molar-refractivity contribution in [3.63, 3.8) is 0 Å². The number of anilines is 2. The van der Waals surface area contributed by atoms with Crippen LogP contribution in [-0.2, 0) is 38.5 Å². The first-order valence-electron chi connectivity index (χ1n) is 15.9. The molecule has 0 aliphatic rings. The predicted octanol–water partition coefficient (Wildman–Crippen LogP) is 9.67. The molecule has 0 fully saturated rings. The van der Waals surface area contributed by atoms with E-state index in [0.717, 1.165) is 37.1 Å². The summed E-state index contributed by atoms with van der Waals surface area (Å²) in [6, 6.07) is 31.1. The minimum Gasteiger partial charge on any atom is -0.399 e. The molecule has 0 spiro atoms. The van der Waals surface area contributed by atoms with Crippen LogP contribution >= 0.6 is 0 Å². The molecule has 0 heterocycles. The number of unbranched alkanes of at least 4 members (excludes halogenated alkanes) is 4. The maximum Gasteiger partial charge on any atom is 0.0314 e. The average molecular weight is 547 g/mol. The summed E-state index contributed by atoms with van der Waals surface area (Å²) in [5, 5.41) is 0. The number of hydrogen-bond donors (Lipinski definition) is 2. The van der Waals surface area contributed by atoms with Crippen LogP contribution in [-0.4, -0.2) is 0 Å². The predicted molar refractivity (Wildman–Crippen MR) is 179 cm³/mol. The molecule has 4 rings (SSSR count). The van der Waals surface area contributed by atoms with Crippen LogP contribution in [0.5, 0.6) is 0 Å². The maximum atomic E-state index is 5.90. The van der Waals surface area contributed by atoms with Crippen molar-refractivity contribution in [2.75, 3.05) is 11.5 Å². The van der Waals surface area contributed by atoms with E-state index >= 15 is 0 Å². The Morgan fingerprint density at radius 1 is 0.390 bits per heavy atom. The Balaban J connectivity index is 1.44. The third-order valence-electron chi connectivity index (χ3n) is 8.31. The van der Waals surface area contributed by atoms with Crippen molar-refractivity contribution in [1.29, 1.82) is 0 Å². The average Bonchev–Trinajstić information content (AvgIpc) is 2.98. The first-order chi connectivity index (χ1) is 20.0. The van der Waals surface area contributed by atoms with Gasteiger partial charge in [0.15, 0.2) is 0 Å². The van der Waals surface area contributed by atoms with E-state index in [1.54, 1.807) is 11.1 Å². The van der Waals surface area contributed by atoms with Gasteiger partial charge >= 0.3 is 0 Å². The minimum atomic E-state index is 0.828. The van der Waals surface area contributed by atoms with Gasteiger partial charge in [-0.2, -0.15) is 0 Å². The fraction of sp³-hybridized carbons (Fsp3) is 0.385. The molecular formula is C39H50N2. The van der Waals surface area contributed by atoms with Crippen molar-refractivity contribution >= 4 is 11.4 Å². The molecule has 41 heavy (non-hydrogen) atoms. The number of nitrogen functional groups attached to an aromatic ring is 2.